The zero-order valence-corrected chi connectivity index (χ0v) is 17.2. The van der Waals surface area contributed by atoms with Gasteiger partial charge in [-0.15, -0.1) is 0 Å². The van der Waals surface area contributed by atoms with Crippen molar-refractivity contribution in [2.24, 2.45) is 11.8 Å². The lowest BCUT2D eigenvalue weighted by atomic mass is 9.84. The zero-order chi connectivity index (χ0) is 19.2. The number of hydrogen-bond acceptors (Lipinski definition) is 3. The first kappa shape index (κ1) is 19.9. The molecule has 2 aliphatic heterocycles. The van der Waals surface area contributed by atoms with E-state index in [4.69, 9.17) is 4.74 Å². The fraction of sp³-hybridized carbons (Fsp3) is 0.708. The van der Waals surface area contributed by atoms with Crippen molar-refractivity contribution in [1.82, 2.24) is 10.2 Å². The topological polar surface area (TPSA) is 41.6 Å². The summed E-state index contributed by atoms with van der Waals surface area (Å²) in [6, 6.07) is 11.5. The van der Waals surface area contributed by atoms with Crippen LogP contribution in [-0.4, -0.2) is 49.7 Å². The van der Waals surface area contributed by atoms with Crippen LogP contribution in [-0.2, 0) is 9.53 Å². The Morgan fingerprint density at radius 2 is 1.68 bits per heavy atom. The first-order chi connectivity index (χ1) is 13.8. The average Bonchev–Trinajstić information content (AvgIpc) is 3.29. The number of ether oxygens (including phenoxy) is 1. The molecule has 4 heteroatoms. The molecule has 0 spiro atoms. The minimum atomic E-state index is 0.164. The highest BCUT2D eigenvalue weighted by Crippen LogP contribution is 2.38. The van der Waals surface area contributed by atoms with E-state index in [1.165, 1.54) is 37.8 Å². The van der Waals surface area contributed by atoms with Gasteiger partial charge in [-0.05, 0) is 55.9 Å². The maximum absolute atomic E-state index is 12.5. The van der Waals surface area contributed by atoms with Crippen molar-refractivity contribution in [3.63, 3.8) is 0 Å². The number of carbonyl (C=O) groups is 1. The molecule has 4 nitrogen and oxygen atoms in total. The smallest absolute Gasteiger partial charge is 0.223 e. The third kappa shape index (κ3) is 5.15. The van der Waals surface area contributed by atoms with Crippen LogP contribution in [0.3, 0.4) is 0 Å². The van der Waals surface area contributed by atoms with Gasteiger partial charge in [-0.25, -0.2) is 0 Å². The van der Waals surface area contributed by atoms with E-state index in [2.05, 4.69) is 40.5 Å². The number of carbonyl (C=O) groups excluding carboxylic acids is 1. The van der Waals surface area contributed by atoms with Crippen molar-refractivity contribution in [2.45, 2.75) is 63.3 Å². The summed E-state index contributed by atoms with van der Waals surface area (Å²) in [6.45, 7) is 4.86. The summed E-state index contributed by atoms with van der Waals surface area (Å²) in [5.74, 6) is 1.93. The van der Waals surface area contributed by atoms with Gasteiger partial charge in [0.05, 0.1) is 0 Å². The Morgan fingerprint density at radius 1 is 1.00 bits per heavy atom. The number of nitrogens with one attached hydrogen (secondary N) is 1. The molecule has 3 aliphatic rings. The maximum Gasteiger partial charge on any atom is 0.223 e. The van der Waals surface area contributed by atoms with Crippen molar-refractivity contribution in [2.75, 3.05) is 32.8 Å². The summed E-state index contributed by atoms with van der Waals surface area (Å²) < 4.78 is 5.38. The van der Waals surface area contributed by atoms with Gasteiger partial charge in [0, 0.05) is 44.8 Å². The van der Waals surface area contributed by atoms with Crippen LogP contribution in [0, 0.1) is 11.8 Å². The molecule has 0 bridgehead atoms. The standard InChI is InChI=1S/C24H36N2O2/c27-24(21-12-16-28-17-13-21)25-22-10-14-26(15-11-22)18-23(20-8-4-5-9-20)19-6-2-1-3-7-19/h1-3,6-7,20-23H,4-5,8-18H2,(H,25,27). The molecule has 1 saturated carbocycles. The first-order valence-corrected chi connectivity index (χ1v) is 11.4. The number of amides is 1. The number of nitrogens with zero attached hydrogens (tertiary/aromatic N) is 1. The molecule has 1 aromatic rings. The normalized spacial score (nSPS) is 24.3. The summed E-state index contributed by atoms with van der Waals surface area (Å²) in [5, 5.41) is 3.33. The summed E-state index contributed by atoms with van der Waals surface area (Å²) in [5.41, 5.74) is 1.52. The molecule has 1 N–H and O–H groups in total. The Balaban J connectivity index is 1.28. The Morgan fingerprint density at radius 3 is 2.36 bits per heavy atom. The Hall–Kier alpha value is -1.39. The van der Waals surface area contributed by atoms with Crippen LogP contribution < -0.4 is 5.32 Å². The molecule has 28 heavy (non-hydrogen) atoms. The van der Waals surface area contributed by atoms with E-state index in [9.17, 15) is 4.79 Å². The monoisotopic (exact) mass is 384 g/mol. The van der Waals surface area contributed by atoms with Crippen LogP contribution in [0.2, 0.25) is 0 Å². The second-order valence-corrected chi connectivity index (χ2v) is 9.03. The summed E-state index contributed by atoms with van der Waals surface area (Å²) >= 11 is 0. The first-order valence-electron chi connectivity index (χ1n) is 11.4. The number of benzene rings is 1. The van der Waals surface area contributed by atoms with Gasteiger partial charge in [-0.3, -0.25) is 4.79 Å². The molecular formula is C24H36N2O2. The fourth-order valence-corrected chi connectivity index (χ4v) is 5.40. The minimum absolute atomic E-state index is 0.164. The number of piperidine rings is 1. The van der Waals surface area contributed by atoms with Gasteiger partial charge in [-0.2, -0.15) is 0 Å². The second-order valence-electron chi connectivity index (χ2n) is 9.03. The van der Waals surface area contributed by atoms with Gasteiger partial charge in [-0.1, -0.05) is 43.2 Å². The zero-order valence-electron chi connectivity index (χ0n) is 17.2. The molecule has 3 fully saturated rings. The van der Waals surface area contributed by atoms with Gasteiger partial charge in [0.1, 0.15) is 0 Å². The van der Waals surface area contributed by atoms with Gasteiger partial charge in [0.25, 0.3) is 0 Å². The molecular weight excluding hydrogens is 348 g/mol. The van der Waals surface area contributed by atoms with Gasteiger partial charge in [0.2, 0.25) is 5.91 Å². The van der Waals surface area contributed by atoms with E-state index in [1.807, 2.05) is 0 Å². The molecule has 1 unspecified atom stereocenters. The van der Waals surface area contributed by atoms with Crippen LogP contribution >= 0.6 is 0 Å². The van der Waals surface area contributed by atoms with Crippen molar-refractivity contribution in [3.8, 4) is 0 Å². The molecule has 0 aromatic heterocycles. The Kier molecular flexibility index (Phi) is 7.03. The van der Waals surface area contributed by atoms with E-state index < -0.39 is 0 Å². The van der Waals surface area contributed by atoms with Crippen LogP contribution in [0.5, 0.6) is 0 Å². The van der Waals surface area contributed by atoms with E-state index in [0.717, 1.165) is 57.9 Å². The SMILES string of the molecule is O=C(NC1CCN(CC(c2ccccc2)C2CCCC2)CC1)C1CCOCC1. The average molecular weight is 385 g/mol. The maximum atomic E-state index is 12.5. The summed E-state index contributed by atoms with van der Waals surface area (Å²) in [4.78, 5) is 15.2. The Labute approximate surface area is 170 Å². The molecule has 4 rings (SSSR count). The predicted molar refractivity (Wildman–Crippen MR) is 112 cm³/mol. The molecule has 1 aromatic carbocycles. The van der Waals surface area contributed by atoms with Crippen molar-refractivity contribution < 1.29 is 9.53 Å². The largest absolute Gasteiger partial charge is 0.381 e. The fourth-order valence-electron chi connectivity index (χ4n) is 5.40. The summed E-state index contributed by atoms with van der Waals surface area (Å²) in [6.07, 6.45) is 9.49. The predicted octanol–water partition coefficient (Wildman–Crippen LogP) is 3.97. The lowest BCUT2D eigenvalue weighted by Crippen LogP contribution is -2.47. The molecule has 1 aliphatic carbocycles. The highest BCUT2D eigenvalue weighted by atomic mass is 16.5. The molecule has 2 heterocycles. The lowest BCUT2D eigenvalue weighted by molar-refractivity contribution is -0.128. The number of likely N-dealkylation sites (tertiary alicyclic amines) is 1. The van der Waals surface area contributed by atoms with E-state index in [0.29, 0.717) is 12.0 Å². The highest BCUT2D eigenvalue weighted by Gasteiger charge is 2.30. The van der Waals surface area contributed by atoms with E-state index in [-0.39, 0.29) is 11.8 Å². The van der Waals surface area contributed by atoms with Gasteiger partial charge >= 0.3 is 0 Å². The van der Waals surface area contributed by atoms with E-state index >= 15 is 0 Å². The van der Waals surface area contributed by atoms with Crippen molar-refractivity contribution in [3.05, 3.63) is 35.9 Å². The van der Waals surface area contributed by atoms with Crippen molar-refractivity contribution in [1.29, 1.82) is 0 Å². The second kappa shape index (κ2) is 9.89. The van der Waals surface area contributed by atoms with Crippen LogP contribution in [0.1, 0.15) is 62.8 Å². The molecule has 2 saturated heterocycles. The molecule has 0 radical (unpaired) electrons. The number of rotatable bonds is 6. The third-order valence-corrected chi connectivity index (χ3v) is 7.18. The summed E-state index contributed by atoms with van der Waals surface area (Å²) in [7, 11) is 0. The van der Waals surface area contributed by atoms with Crippen LogP contribution in [0.4, 0.5) is 0 Å². The quantitative estimate of drug-likeness (QED) is 0.807. The Bertz CT molecular complexity index is 600. The van der Waals surface area contributed by atoms with Gasteiger partial charge < -0.3 is 15.0 Å². The van der Waals surface area contributed by atoms with Crippen LogP contribution in [0.25, 0.3) is 0 Å². The highest BCUT2D eigenvalue weighted by molar-refractivity contribution is 5.79. The molecule has 1 atom stereocenters. The van der Waals surface area contributed by atoms with Crippen LogP contribution in [0.15, 0.2) is 30.3 Å². The molecule has 154 valence electrons. The lowest BCUT2D eigenvalue weighted by Gasteiger charge is -2.37. The van der Waals surface area contributed by atoms with E-state index in [1.54, 1.807) is 0 Å². The van der Waals surface area contributed by atoms with Crippen molar-refractivity contribution >= 4 is 5.91 Å². The van der Waals surface area contributed by atoms with Gasteiger partial charge in [0.15, 0.2) is 0 Å². The molecule has 1 amide bonds. The third-order valence-electron chi connectivity index (χ3n) is 7.18. The minimum Gasteiger partial charge on any atom is -0.381 e. The number of hydrogen-bond donors (Lipinski definition) is 1.